The maximum atomic E-state index is 11.6. The maximum Gasteiger partial charge on any atom is 0.154 e. The average Bonchev–Trinajstić information content (AvgIpc) is 2.29. The first-order valence-corrected chi connectivity index (χ1v) is 7.85. The number of hydrogen-bond donors (Lipinski definition) is 1. The Hall–Kier alpha value is -1.23. The van der Waals surface area contributed by atoms with Crippen LogP contribution in [0.5, 0.6) is 5.75 Å². The van der Waals surface area contributed by atoms with Gasteiger partial charge in [0.15, 0.2) is 9.84 Å². The lowest BCUT2D eigenvalue weighted by Crippen LogP contribution is -2.22. The molecule has 0 amide bonds. The number of sulfone groups is 1. The van der Waals surface area contributed by atoms with E-state index in [2.05, 4.69) is 5.32 Å². The number of rotatable bonds is 7. The van der Waals surface area contributed by atoms with Crippen molar-refractivity contribution in [2.45, 2.75) is 26.0 Å². The highest BCUT2D eigenvalue weighted by molar-refractivity contribution is 7.92. The molecule has 0 radical (unpaired) electrons. The van der Waals surface area contributed by atoms with Crippen LogP contribution in [-0.2, 0) is 9.84 Å². The number of ether oxygens (including phenoxy) is 1. The molecule has 0 bridgehead atoms. The first-order valence-electron chi connectivity index (χ1n) is 6.14. The van der Waals surface area contributed by atoms with Gasteiger partial charge in [0, 0.05) is 18.3 Å². The fourth-order valence-corrected chi connectivity index (χ4v) is 2.29. The second-order valence-electron chi connectivity index (χ2n) is 4.30. The Balaban J connectivity index is 2.51. The summed E-state index contributed by atoms with van der Waals surface area (Å²) in [5, 5.41) is 2.77. The van der Waals surface area contributed by atoms with Crippen molar-refractivity contribution in [2.75, 3.05) is 24.2 Å². The molecular weight excluding hydrogens is 250 g/mol. The van der Waals surface area contributed by atoms with Crippen LogP contribution in [0.4, 0.5) is 5.69 Å². The molecule has 1 rings (SSSR count). The van der Waals surface area contributed by atoms with Gasteiger partial charge in [0.25, 0.3) is 0 Å². The van der Waals surface area contributed by atoms with E-state index in [-0.39, 0.29) is 11.0 Å². The summed E-state index contributed by atoms with van der Waals surface area (Å²) < 4.78 is 28.6. The van der Waals surface area contributed by atoms with E-state index in [0.717, 1.165) is 11.4 Å². The summed E-state index contributed by atoms with van der Waals surface area (Å²) >= 11 is 0. The van der Waals surface area contributed by atoms with Gasteiger partial charge in [0.1, 0.15) is 5.75 Å². The van der Waals surface area contributed by atoms with Crippen molar-refractivity contribution in [1.29, 1.82) is 0 Å². The van der Waals surface area contributed by atoms with Crippen LogP contribution in [0.3, 0.4) is 0 Å². The van der Waals surface area contributed by atoms with Crippen molar-refractivity contribution < 1.29 is 13.2 Å². The SMILES string of the molecule is CCOc1cccc(NCCS(=O)(=O)C(C)C)c1. The predicted octanol–water partition coefficient (Wildman–Crippen LogP) is 2.32. The van der Waals surface area contributed by atoms with E-state index in [9.17, 15) is 8.42 Å². The minimum Gasteiger partial charge on any atom is -0.494 e. The normalized spacial score (nSPS) is 11.6. The first kappa shape index (κ1) is 14.8. The molecule has 0 saturated heterocycles. The number of nitrogens with one attached hydrogen (secondary N) is 1. The van der Waals surface area contributed by atoms with Gasteiger partial charge in [-0.15, -0.1) is 0 Å². The zero-order valence-electron chi connectivity index (χ0n) is 11.1. The average molecular weight is 271 g/mol. The summed E-state index contributed by atoms with van der Waals surface area (Å²) in [5.74, 6) is 0.929. The van der Waals surface area contributed by atoms with E-state index in [1.165, 1.54) is 0 Å². The molecule has 0 heterocycles. The van der Waals surface area contributed by atoms with Gasteiger partial charge in [-0.3, -0.25) is 0 Å². The Morgan fingerprint density at radius 1 is 1.33 bits per heavy atom. The molecule has 0 atom stereocenters. The second kappa shape index (κ2) is 6.64. The zero-order chi connectivity index (χ0) is 13.6. The fraction of sp³-hybridized carbons (Fsp3) is 0.538. The molecule has 0 aromatic heterocycles. The number of benzene rings is 1. The van der Waals surface area contributed by atoms with E-state index in [4.69, 9.17) is 4.74 Å². The Bertz CT molecular complexity index is 469. The van der Waals surface area contributed by atoms with Gasteiger partial charge < -0.3 is 10.1 Å². The van der Waals surface area contributed by atoms with E-state index >= 15 is 0 Å². The molecule has 1 aromatic rings. The Kier molecular flexibility index (Phi) is 5.47. The van der Waals surface area contributed by atoms with Crippen molar-refractivity contribution in [3.8, 4) is 5.75 Å². The topological polar surface area (TPSA) is 55.4 Å². The van der Waals surface area contributed by atoms with Crippen molar-refractivity contribution in [2.24, 2.45) is 0 Å². The van der Waals surface area contributed by atoms with E-state index in [0.29, 0.717) is 13.2 Å². The number of anilines is 1. The van der Waals surface area contributed by atoms with Gasteiger partial charge >= 0.3 is 0 Å². The van der Waals surface area contributed by atoms with Crippen LogP contribution < -0.4 is 10.1 Å². The molecular formula is C13H21NO3S. The lowest BCUT2D eigenvalue weighted by Gasteiger charge is -2.10. The van der Waals surface area contributed by atoms with Crippen molar-refractivity contribution in [3.63, 3.8) is 0 Å². The van der Waals surface area contributed by atoms with Crippen LogP contribution in [0.1, 0.15) is 20.8 Å². The molecule has 1 aromatic carbocycles. The van der Waals surface area contributed by atoms with Crippen molar-refractivity contribution in [1.82, 2.24) is 0 Å². The molecule has 0 aliphatic heterocycles. The highest BCUT2D eigenvalue weighted by atomic mass is 32.2. The minimum atomic E-state index is -2.98. The third-order valence-corrected chi connectivity index (χ3v) is 4.79. The predicted molar refractivity (Wildman–Crippen MR) is 75.0 cm³/mol. The molecule has 1 N–H and O–H groups in total. The van der Waals surface area contributed by atoms with Gasteiger partial charge in [-0.25, -0.2) is 8.42 Å². The summed E-state index contributed by atoms with van der Waals surface area (Å²) in [6, 6.07) is 7.51. The Labute approximate surface area is 109 Å². The maximum absolute atomic E-state index is 11.6. The molecule has 0 saturated carbocycles. The lowest BCUT2D eigenvalue weighted by atomic mass is 10.3. The third-order valence-electron chi connectivity index (χ3n) is 2.58. The van der Waals surface area contributed by atoms with Crippen LogP contribution in [0.2, 0.25) is 0 Å². The van der Waals surface area contributed by atoms with Crippen LogP contribution in [0.25, 0.3) is 0 Å². The molecule has 102 valence electrons. The van der Waals surface area contributed by atoms with Crippen LogP contribution in [-0.4, -0.2) is 32.6 Å². The lowest BCUT2D eigenvalue weighted by molar-refractivity contribution is 0.340. The molecule has 0 aliphatic rings. The van der Waals surface area contributed by atoms with Crippen LogP contribution >= 0.6 is 0 Å². The molecule has 0 aliphatic carbocycles. The highest BCUT2D eigenvalue weighted by Gasteiger charge is 2.14. The third kappa shape index (κ3) is 4.56. The molecule has 4 nitrogen and oxygen atoms in total. The molecule has 18 heavy (non-hydrogen) atoms. The summed E-state index contributed by atoms with van der Waals surface area (Å²) in [6.45, 7) is 6.35. The van der Waals surface area contributed by atoms with Gasteiger partial charge in [0.2, 0.25) is 0 Å². The van der Waals surface area contributed by atoms with Gasteiger partial charge in [-0.05, 0) is 32.9 Å². The summed E-state index contributed by atoms with van der Waals surface area (Å²) in [5.41, 5.74) is 0.875. The molecule has 0 fully saturated rings. The Morgan fingerprint density at radius 3 is 2.67 bits per heavy atom. The molecule has 0 spiro atoms. The Morgan fingerprint density at radius 2 is 2.06 bits per heavy atom. The standard InChI is InChI=1S/C13H21NO3S/c1-4-17-13-7-5-6-12(10-13)14-8-9-18(15,16)11(2)3/h5-7,10-11,14H,4,8-9H2,1-3H3. The smallest absolute Gasteiger partial charge is 0.154 e. The summed E-state index contributed by atoms with van der Waals surface area (Å²) in [7, 11) is -2.98. The zero-order valence-corrected chi connectivity index (χ0v) is 12.0. The minimum absolute atomic E-state index is 0.142. The van der Waals surface area contributed by atoms with Gasteiger partial charge in [-0.2, -0.15) is 0 Å². The highest BCUT2D eigenvalue weighted by Crippen LogP contribution is 2.17. The second-order valence-corrected chi connectivity index (χ2v) is 6.98. The summed E-state index contributed by atoms with van der Waals surface area (Å²) in [6.07, 6.45) is 0. The summed E-state index contributed by atoms with van der Waals surface area (Å²) in [4.78, 5) is 0. The largest absolute Gasteiger partial charge is 0.494 e. The monoisotopic (exact) mass is 271 g/mol. The van der Waals surface area contributed by atoms with E-state index < -0.39 is 9.84 Å². The van der Waals surface area contributed by atoms with Crippen LogP contribution in [0.15, 0.2) is 24.3 Å². The fourth-order valence-electron chi connectivity index (χ4n) is 1.44. The van der Waals surface area contributed by atoms with E-state index in [1.54, 1.807) is 13.8 Å². The number of hydrogen-bond acceptors (Lipinski definition) is 4. The van der Waals surface area contributed by atoms with Crippen molar-refractivity contribution >= 4 is 15.5 Å². The molecule has 5 heteroatoms. The van der Waals surface area contributed by atoms with Crippen molar-refractivity contribution in [3.05, 3.63) is 24.3 Å². The van der Waals surface area contributed by atoms with Gasteiger partial charge in [-0.1, -0.05) is 6.07 Å². The molecule has 0 unspecified atom stereocenters. The van der Waals surface area contributed by atoms with E-state index in [1.807, 2.05) is 31.2 Å². The van der Waals surface area contributed by atoms with Crippen LogP contribution in [0, 0.1) is 0 Å². The first-order chi connectivity index (χ1) is 8.45. The van der Waals surface area contributed by atoms with Gasteiger partial charge in [0.05, 0.1) is 17.6 Å². The quantitative estimate of drug-likeness (QED) is 0.827.